The zero-order valence-corrected chi connectivity index (χ0v) is 13.6. The summed E-state index contributed by atoms with van der Waals surface area (Å²) in [6, 6.07) is 7.11. The number of benzene rings is 1. The SMILES string of the molecule is CCN(CC)C1CCN(Cc2ccc(CN)c(OC)c2)C1. The Balaban J connectivity index is 1.97. The Bertz CT molecular complexity index is 446. The van der Waals surface area contributed by atoms with Crippen LogP contribution in [0.2, 0.25) is 0 Å². The van der Waals surface area contributed by atoms with E-state index in [9.17, 15) is 0 Å². The van der Waals surface area contributed by atoms with Crippen LogP contribution >= 0.6 is 0 Å². The van der Waals surface area contributed by atoms with Gasteiger partial charge in [-0.05, 0) is 31.1 Å². The van der Waals surface area contributed by atoms with E-state index in [4.69, 9.17) is 10.5 Å². The van der Waals surface area contributed by atoms with Gasteiger partial charge >= 0.3 is 0 Å². The molecule has 4 nitrogen and oxygen atoms in total. The maximum atomic E-state index is 5.73. The third-order valence-corrected chi connectivity index (χ3v) is 4.55. The molecule has 1 aliphatic heterocycles. The highest BCUT2D eigenvalue weighted by Gasteiger charge is 2.26. The number of hydrogen-bond donors (Lipinski definition) is 1. The van der Waals surface area contributed by atoms with Crippen molar-refractivity contribution in [3.05, 3.63) is 29.3 Å². The van der Waals surface area contributed by atoms with Gasteiger partial charge in [0.15, 0.2) is 0 Å². The molecule has 118 valence electrons. The Morgan fingerprint density at radius 2 is 2.10 bits per heavy atom. The van der Waals surface area contributed by atoms with Crippen LogP contribution in [0.5, 0.6) is 5.75 Å². The molecule has 2 rings (SSSR count). The minimum absolute atomic E-state index is 0.525. The van der Waals surface area contributed by atoms with E-state index in [1.54, 1.807) is 7.11 Å². The third-order valence-electron chi connectivity index (χ3n) is 4.55. The third kappa shape index (κ3) is 3.96. The summed E-state index contributed by atoms with van der Waals surface area (Å²) in [5, 5.41) is 0. The normalized spacial score (nSPS) is 19.4. The fourth-order valence-electron chi connectivity index (χ4n) is 3.31. The first-order valence-electron chi connectivity index (χ1n) is 8.04. The van der Waals surface area contributed by atoms with Gasteiger partial charge in [-0.1, -0.05) is 26.0 Å². The average molecular weight is 291 g/mol. The van der Waals surface area contributed by atoms with Crippen LogP contribution in [0, 0.1) is 0 Å². The van der Waals surface area contributed by atoms with Crippen LogP contribution in [-0.4, -0.2) is 49.1 Å². The van der Waals surface area contributed by atoms with Crippen molar-refractivity contribution in [1.82, 2.24) is 9.80 Å². The molecule has 21 heavy (non-hydrogen) atoms. The van der Waals surface area contributed by atoms with Gasteiger partial charge in [0.1, 0.15) is 5.75 Å². The number of hydrogen-bond acceptors (Lipinski definition) is 4. The van der Waals surface area contributed by atoms with Gasteiger partial charge < -0.3 is 10.5 Å². The molecule has 1 aliphatic rings. The predicted octanol–water partition coefficient (Wildman–Crippen LogP) is 2.07. The van der Waals surface area contributed by atoms with Crippen LogP contribution in [-0.2, 0) is 13.1 Å². The summed E-state index contributed by atoms with van der Waals surface area (Å²) in [4.78, 5) is 5.11. The molecule has 0 aliphatic carbocycles. The van der Waals surface area contributed by atoms with Crippen LogP contribution in [0.15, 0.2) is 18.2 Å². The number of likely N-dealkylation sites (tertiary alicyclic amines) is 1. The molecule has 1 heterocycles. The number of nitrogens with two attached hydrogens (primary N) is 1. The minimum atomic E-state index is 0.525. The minimum Gasteiger partial charge on any atom is -0.496 e. The van der Waals surface area contributed by atoms with Gasteiger partial charge in [0.2, 0.25) is 0 Å². The van der Waals surface area contributed by atoms with Crippen molar-refractivity contribution in [3.63, 3.8) is 0 Å². The first-order chi connectivity index (χ1) is 10.2. The van der Waals surface area contributed by atoms with E-state index in [-0.39, 0.29) is 0 Å². The van der Waals surface area contributed by atoms with Gasteiger partial charge in [-0.3, -0.25) is 9.80 Å². The number of likely N-dealkylation sites (N-methyl/N-ethyl adjacent to an activating group) is 1. The van der Waals surface area contributed by atoms with Crippen molar-refractivity contribution in [2.45, 2.75) is 39.4 Å². The first kappa shape index (κ1) is 16.3. The van der Waals surface area contributed by atoms with E-state index in [1.807, 2.05) is 0 Å². The predicted molar refractivity (Wildman–Crippen MR) is 87.5 cm³/mol. The molecule has 0 aromatic heterocycles. The maximum absolute atomic E-state index is 5.73. The molecular weight excluding hydrogens is 262 g/mol. The van der Waals surface area contributed by atoms with Gasteiger partial charge in [0.25, 0.3) is 0 Å². The maximum Gasteiger partial charge on any atom is 0.123 e. The summed E-state index contributed by atoms with van der Waals surface area (Å²) >= 11 is 0. The summed E-state index contributed by atoms with van der Waals surface area (Å²) in [5.41, 5.74) is 8.11. The zero-order valence-electron chi connectivity index (χ0n) is 13.6. The van der Waals surface area contributed by atoms with E-state index in [0.717, 1.165) is 30.9 Å². The van der Waals surface area contributed by atoms with Crippen molar-refractivity contribution in [3.8, 4) is 5.75 Å². The van der Waals surface area contributed by atoms with E-state index in [0.29, 0.717) is 12.6 Å². The molecule has 0 spiro atoms. The summed E-state index contributed by atoms with van der Waals surface area (Å²) < 4.78 is 5.43. The summed E-state index contributed by atoms with van der Waals surface area (Å²) in [5.74, 6) is 0.912. The van der Waals surface area contributed by atoms with Gasteiger partial charge in [-0.2, -0.15) is 0 Å². The van der Waals surface area contributed by atoms with Crippen LogP contribution in [0.1, 0.15) is 31.4 Å². The Labute approximate surface area is 128 Å². The van der Waals surface area contributed by atoms with Crippen molar-refractivity contribution in [1.29, 1.82) is 0 Å². The van der Waals surface area contributed by atoms with Crippen molar-refractivity contribution in [2.24, 2.45) is 5.73 Å². The number of ether oxygens (including phenoxy) is 1. The second-order valence-electron chi connectivity index (χ2n) is 5.75. The second-order valence-corrected chi connectivity index (χ2v) is 5.75. The molecule has 0 radical (unpaired) electrons. The molecule has 1 atom stereocenters. The molecule has 4 heteroatoms. The summed E-state index contributed by atoms with van der Waals surface area (Å²) in [6.45, 7) is 10.7. The van der Waals surface area contributed by atoms with Crippen molar-refractivity contribution in [2.75, 3.05) is 33.3 Å². The van der Waals surface area contributed by atoms with E-state index in [1.165, 1.54) is 25.1 Å². The largest absolute Gasteiger partial charge is 0.496 e. The fourth-order valence-corrected chi connectivity index (χ4v) is 3.31. The Hall–Kier alpha value is -1.10. The smallest absolute Gasteiger partial charge is 0.123 e. The fraction of sp³-hybridized carbons (Fsp3) is 0.647. The molecule has 1 aromatic rings. The quantitative estimate of drug-likeness (QED) is 0.835. The molecule has 1 fully saturated rings. The van der Waals surface area contributed by atoms with Crippen molar-refractivity contribution >= 4 is 0 Å². The topological polar surface area (TPSA) is 41.7 Å². The van der Waals surface area contributed by atoms with E-state index in [2.05, 4.69) is 41.8 Å². The first-order valence-corrected chi connectivity index (χ1v) is 8.04. The van der Waals surface area contributed by atoms with Crippen LogP contribution < -0.4 is 10.5 Å². The van der Waals surface area contributed by atoms with Crippen molar-refractivity contribution < 1.29 is 4.74 Å². The molecule has 2 N–H and O–H groups in total. The number of rotatable bonds is 7. The molecule has 1 aromatic carbocycles. The summed E-state index contributed by atoms with van der Waals surface area (Å²) in [6.07, 6.45) is 1.28. The molecule has 0 saturated carbocycles. The lowest BCUT2D eigenvalue weighted by Gasteiger charge is -2.26. The Morgan fingerprint density at radius 1 is 1.33 bits per heavy atom. The van der Waals surface area contributed by atoms with Crippen LogP contribution in [0.25, 0.3) is 0 Å². The highest BCUT2D eigenvalue weighted by molar-refractivity contribution is 5.37. The molecule has 1 saturated heterocycles. The van der Waals surface area contributed by atoms with Gasteiger partial charge in [-0.15, -0.1) is 0 Å². The molecular formula is C17H29N3O. The van der Waals surface area contributed by atoms with Crippen LogP contribution in [0.4, 0.5) is 0 Å². The van der Waals surface area contributed by atoms with Gasteiger partial charge in [0, 0.05) is 37.8 Å². The molecule has 1 unspecified atom stereocenters. The zero-order chi connectivity index (χ0) is 15.2. The lowest BCUT2D eigenvalue weighted by molar-refractivity contribution is 0.209. The van der Waals surface area contributed by atoms with Gasteiger partial charge in [-0.25, -0.2) is 0 Å². The van der Waals surface area contributed by atoms with E-state index >= 15 is 0 Å². The highest BCUT2D eigenvalue weighted by atomic mass is 16.5. The number of nitrogens with zero attached hydrogens (tertiary/aromatic N) is 2. The van der Waals surface area contributed by atoms with Gasteiger partial charge in [0.05, 0.1) is 7.11 Å². The average Bonchev–Trinajstić information content (AvgIpc) is 2.96. The lowest BCUT2D eigenvalue weighted by atomic mass is 10.1. The Morgan fingerprint density at radius 3 is 2.71 bits per heavy atom. The monoisotopic (exact) mass is 291 g/mol. The molecule has 0 amide bonds. The van der Waals surface area contributed by atoms with E-state index < -0.39 is 0 Å². The standard InChI is InChI=1S/C17H29N3O/c1-4-20(5-2)16-8-9-19(13-16)12-14-6-7-15(11-18)17(10-14)21-3/h6-7,10,16H,4-5,8-9,11-13,18H2,1-3H3. The number of methoxy groups -OCH3 is 1. The Kier molecular flexibility index (Phi) is 6.03. The highest BCUT2D eigenvalue weighted by Crippen LogP contribution is 2.23. The lowest BCUT2D eigenvalue weighted by Crippen LogP contribution is -2.37. The van der Waals surface area contributed by atoms with Crippen LogP contribution in [0.3, 0.4) is 0 Å². The molecule has 0 bridgehead atoms. The second kappa shape index (κ2) is 7.78. The summed E-state index contributed by atoms with van der Waals surface area (Å²) in [7, 11) is 1.71.